The van der Waals surface area contributed by atoms with Gasteiger partial charge in [-0.3, -0.25) is 4.68 Å². The van der Waals surface area contributed by atoms with Gasteiger partial charge in [0.25, 0.3) is 0 Å². The minimum absolute atomic E-state index is 0.134. The number of aryl methyl sites for hydroxylation is 1. The lowest BCUT2D eigenvalue weighted by atomic mass is 10.2. The molecule has 0 aliphatic carbocycles. The molecular weight excluding hydrogens is 292 g/mol. The molecule has 0 saturated carbocycles. The lowest BCUT2D eigenvalue weighted by Gasteiger charge is -2.08. The molecule has 0 fully saturated rings. The maximum atomic E-state index is 11.9. The second-order valence-corrected chi connectivity index (χ2v) is 6.21. The Morgan fingerprint density at radius 2 is 2.24 bits per heavy atom. The van der Waals surface area contributed by atoms with Crippen LogP contribution in [-0.4, -0.2) is 31.3 Å². The van der Waals surface area contributed by atoms with Crippen molar-refractivity contribution in [3.05, 3.63) is 42.2 Å². The van der Waals surface area contributed by atoms with Crippen LogP contribution in [0.1, 0.15) is 5.56 Å². The van der Waals surface area contributed by atoms with Crippen LogP contribution in [-0.2, 0) is 23.6 Å². The molecule has 1 aromatic heterocycles. The van der Waals surface area contributed by atoms with E-state index in [4.69, 9.17) is 10.5 Å². The number of nitrogens with two attached hydrogens (primary N) is 1. The molecule has 0 bridgehead atoms. The fourth-order valence-electron chi connectivity index (χ4n) is 1.73. The van der Waals surface area contributed by atoms with Crippen molar-refractivity contribution < 1.29 is 13.2 Å². The summed E-state index contributed by atoms with van der Waals surface area (Å²) in [5, 5.41) is 3.83. The standard InChI is InChI=1S/C13H18N4O3S/c1-17-10-13(9-15-17)21(18,19)16-5-6-20-12-4-2-3-11(7-12)8-14/h2-4,7,9-10,16H,5-6,8,14H2,1H3. The lowest BCUT2D eigenvalue weighted by molar-refractivity contribution is 0.322. The molecule has 1 aromatic carbocycles. The predicted molar refractivity (Wildman–Crippen MR) is 78.2 cm³/mol. The highest BCUT2D eigenvalue weighted by Crippen LogP contribution is 2.12. The summed E-state index contributed by atoms with van der Waals surface area (Å²) in [5.74, 6) is 0.665. The van der Waals surface area contributed by atoms with Gasteiger partial charge in [0, 0.05) is 26.3 Å². The highest BCUT2D eigenvalue weighted by Gasteiger charge is 2.15. The van der Waals surface area contributed by atoms with Crippen molar-refractivity contribution in [3.63, 3.8) is 0 Å². The van der Waals surface area contributed by atoms with Gasteiger partial charge in [-0.2, -0.15) is 5.10 Å². The van der Waals surface area contributed by atoms with Crippen LogP contribution >= 0.6 is 0 Å². The average Bonchev–Trinajstić information content (AvgIpc) is 2.91. The molecule has 0 unspecified atom stereocenters. The van der Waals surface area contributed by atoms with Crippen molar-refractivity contribution in [3.8, 4) is 5.75 Å². The minimum atomic E-state index is -3.54. The molecule has 7 nitrogen and oxygen atoms in total. The molecule has 114 valence electrons. The molecule has 1 heterocycles. The van der Waals surface area contributed by atoms with Crippen LogP contribution in [0.3, 0.4) is 0 Å². The summed E-state index contributed by atoms with van der Waals surface area (Å²) in [6, 6.07) is 7.37. The van der Waals surface area contributed by atoms with Crippen LogP contribution in [0.2, 0.25) is 0 Å². The molecule has 8 heteroatoms. The van der Waals surface area contributed by atoms with Crippen molar-refractivity contribution >= 4 is 10.0 Å². The highest BCUT2D eigenvalue weighted by atomic mass is 32.2. The predicted octanol–water partition coefficient (Wildman–Crippen LogP) is 0.236. The zero-order valence-corrected chi connectivity index (χ0v) is 12.5. The van der Waals surface area contributed by atoms with Crippen LogP contribution in [0.5, 0.6) is 5.75 Å². The van der Waals surface area contributed by atoms with E-state index in [0.29, 0.717) is 12.3 Å². The molecule has 3 N–H and O–H groups in total. The molecule has 0 aliphatic heterocycles. The van der Waals surface area contributed by atoms with Crippen LogP contribution in [0.4, 0.5) is 0 Å². The molecule has 2 aromatic rings. The Labute approximate surface area is 123 Å². The Bertz CT molecular complexity index is 697. The van der Waals surface area contributed by atoms with Gasteiger partial charge in [0.15, 0.2) is 0 Å². The van der Waals surface area contributed by atoms with Gasteiger partial charge in [0.2, 0.25) is 10.0 Å². The van der Waals surface area contributed by atoms with Gasteiger partial charge in [-0.25, -0.2) is 13.1 Å². The largest absolute Gasteiger partial charge is 0.492 e. The maximum absolute atomic E-state index is 11.9. The van der Waals surface area contributed by atoms with Crippen LogP contribution in [0.25, 0.3) is 0 Å². The van der Waals surface area contributed by atoms with Gasteiger partial charge in [0.05, 0.1) is 6.20 Å². The van der Waals surface area contributed by atoms with Crippen molar-refractivity contribution in [1.82, 2.24) is 14.5 Å². The minimum Gasteiger partial charge on any atom is -0.492 e. The summed E-state index contributed by atoms with van der Waals surface area (Å²) >= 11 is 0. The smallest absolute Gasteiger partial charge is 0.243 e. The quantitative estimate of drug-likeness (QED) is 0.714. The SMILES string of the molecule is Cn1cc(S(=O)(=O)NCCOc2cccc(CN)c2)cn1. The monoisotopic (exact) mass is 310 g/mol. The molecule has 0 aliphatic rings. The van der Waals surface area contributed by atoms with E-state index < -0.39 is 10.0 Å². The summed E-state index contributed by atoms with van der Waals surface area (Å²) < 4.78 is 33.2. The number of rotatable bonds is 7. The average molecular weight is 310 g/mol. The molecule has 0 amide bonds. The third kappa shape index (κ3) is 4.28. The van der Waals surface area contributed by atoms with Gasteiger partial charge in [0.1, 0.15) is 17.3 Å². The molecule has 0 spiro atoms. The Morgan fingerprint density at radius 3 is 2.90 bits per heavy atom. The molecule has 21 heavy (non-hydrogen) atoms. The fraction of sp³-hybridized carbons (Fsp3) is 0.308. The van der Waals surface area contributed by atoms with E-state index in [1.807, 2.05) is 18.2 Å². The second-order valence-electron chi connectivity index (χ2n) is 4.45. The van der Waals surface area contributed by atoms with Crippen LogP contribution in [0, 0.1) is 0 Å². The number of ether oxygens (including phenoxy) is 1. The third-order valence-corrected chi connectivity index (χ3v) is 4.20. The first-order chi connectivity index (χ1) is 10.0. The van der Waals surface area contributed by atoms with Gasteiger partial charge >= 0.3 is 0 Å². The fourth-order valence-corrected chi connectivity index (χ4v) is 2.72. The van der Waals surface area contributed by atoms with Crippen molar-refractivity contribution in [1.29, 1.82) is 0 Å². The molecule has 2 rings (SSSR count). The van der Waals surface area contributed by atoms with E-state index in [2.05, 4.69) is 9.82 Å². The van der Waals surface area contributed by atoms with Crippen molar-refractivity contribution in [2.75, 3.05) is 13.2 Å². The molecular formula is C13H18N4O3S. The van der Waals surface area contributed by atoms with Gasteiger partial charge in [-0.05, 0) is 17.7 Å². The summed E-state index contributed by atoms with van der Waals surface area (Å²) in [5.41, 5.74) is 6.50. The second kappa shape index (κ2) is 6.70. The summed E-state index contributed by atoms with van der Waals surface area (Å²) in [7, 11) is -1.88. The first kappa shape index (κ1) is 15.5. The van der Waals surface area contributed by atoms with E-state index in [0.717, 1.165) is 5.56 Å². The summed E-state index contributed by atoms with van der Waals surface area (Å²) in [6.07, 6.45) is 2.74. The van der Waals surface area contributed by atoms with E-state index in [1.54, 1.807) is 13.1 Å². The van der Waals surface area contributed by atoms with Crippen LogP contribution < -0.4 is 15.2 Å². The number of aromatic nitrogens is 2. The topological polar surface area (TPSA) is 99.2 Å². The highest BCUT2D eigenvalue weighted by molar-refractivity contribution is 7.89. The first-order valence-corrected chi connectivity index (χ1v) is 7.90. The zero-order chi connectivity index (χ0) is 15.3. The number of benzene rings is 1. The number of nitrogens with zero attached hydrogens (tertiary/aromatic N) is 2. The Balaban J connectivity index is 1.84. The summed E-state index contributed by atoms with van der Waals surface area (Å²) in [4.78, 5) is 0.134. The first-order valence-electron chi connectivity index (χ1n) is 6.41. The molecule has 0 saturated heterocycles. The summed E-state index contributed by atoms with van der Waals surface area (Å²) in [6.45, 7) is 0.836. The Morgan fingerprint density at radius 1 is 1.43 bits per heavy atom. The lowest BCUT2D eigenvalue weighted by Crippen LogP contribution is -2.28. The van der Waals surface area contributed by atoms with E-state index in [1.165, 1.54) is 17.1 Å². The Kier molecular flexibility index (Phi) is 4.94. The number of sulfonamides is 1. The number of nitrogens with one attached hydrogen (secondary N) is 1. The molecule has 0 radical (unpaired) electrons. The van der Waals surface area contributed by atoms with E-state index in [9.17, 15) is 8.42 Å². The third-order valence-electron chi connectivity index (χ3n) is 2.79. The van der Waals surface area contributed by atoms with Gasteiger partial charge in [-0.15, -0.1) is 0 Å². The maximum Gasteiger partial charge on any atom is 0.243 e. The van der Waals surface area contributed by atoms with Crippen molar-refractivity contribution in [2.45, 2.75) is 11.4 Å². The zero-order valence-electron chi connectivity index (χ0n) is 11.7. The van der Waals surface area contributed by atoms with Crippen molar-refractivity contribution in [2.24, 2.45) is 12.8 Å². The normalized spacial score (nSPS) is 11.5. The van der Waals surface area contributed by atoms with E-state index >= 15 is 0 Å². The number of hydrogen-bond acceptors (Lipinski definition) is 5. The van der Waals surface area contributed by atoms with Crippen LogP contribution in [0.15, 0.2) is 41.6 Å². The number of hydrogen-bond donors (Lipinski definition) is 2. The molecule has 0 atom stereocenters. The van der Waals surface area contributed by atoms with E-state index in [-0.39, 0.29) is 18.0 Å². The Hall–Kier alpha value is -1.90. The van der Waals surface area contributed by atoms with Gasteiger partial charge in [-0.1, -0.05) is 12.1 Å². The van der Waals surface area contributed by atoms with Gasteiger partial charge < -0.3 is 10.5 Å².